The lowest BCUT2D eigenvalue weighted by molar-refractivity contribution is -0.200. The van der Waals surface area contributed by atoms with Crippen molar-refractivity contribution in [3.63, 3.8) is 0 Å². The molecule has 1 unspecified atom stereocenters. The van der Waals surface area contributed by atoms with Crippen molar-refractivity contribution in [1.29, 1.82) is 5.26 Å². The SMILES string of the molecule is N#Cc1ccc2c(c1)[C@@]13CC4(CC[C@H]1[C@@H]1N(CC5CCC5)CC1(C2)C3)OCCO4. The van der Waals surface area contributed by atoms with Crippen LogP contribution in [0.15, 0.2) is 18.2 Å². The molecule has 4 heteroatoms. The standard InChI is InChI=1S/C25H30N2O2/c26-12-18-4-5-19-11-23-14-24(21(19)10-18)15-25(28-8-9-29-25)7-6-20(24)22(23)27(16-23)13-17-2-1-3-17/h4-5,10,17,20,22H,1-3,6-9,11,13-16H2/t20-,22-,23?,24-/m0/s1. The van der Waals surface area contributed by atoms with Gasteiger partial charge in [0, 0.05) is 42.8 Å². The molecule has 2 bridgehead atoms. The summed E-state index contributed by atoms with van der Waals surface area (Å²) in [6, 6.07) is 9.65. The zero-order valence-electron chi connectivity index (χ0n) is 17.2. The fourth-order valence-corrected chi connectivity index (χ4v) is 8.53. The molecule has 7 rings (SSSR count). The van der Waals surface area contributed by atoms with Gasteiger partial charge in [0.05, 0.1) is 24.8 Å². The summed E-state index contributed by atoms with van der Waals surface area (Å²) >= 11 is 0. The van der Waals surface area contributed by atoms with Crippen LogP contribution in [0.5, 0.6) is 0 Å². The molecule has 0 radical (unpaired) electrons. The number of nitrogens with zero attached hydrogens (tertiary/aromatic N) is 2. The summed E-state index contributed by atoms with van der Waals surface area (Å²) in [6.07, 6.45) is 9.99. The second-order valence-electron chi connectivity index (χ2n) is 11.0. The van der Waals surface area contributed by atoms with Crippen LogP contribution in [0.4, 0.5) is 0 Å². The number of hydrogen-bond donors (Lipinski definition) is 0. The molecule has 3 saturated carbocycles. The normalized spacial score (nSPS) is 41.8. The molecule has 6 aliphatic rings. The third-order valence-corrected chi connectivity index (χ3v) is 9.57. The highest BCUT2D eigenvalue weighted by Crippen LogP contribution is 2.71. The number of rotatable bonds is 2. The fourth-order valence-electron chi connectivity index (χ4n) is 8.53. The van der Waals surface area contributed by atoms with Gasteiger partial charge in [0.25, 0.3) is 0 Å². The van der Waals surface area contributed by atoms with Gasteiger partial charge in [0.15, 0.2) is 5.79 Å². The Labute approximate surface area is 173 Å². The van der Waals surface area contributed by atoms with E-state index in [0.29, 0.717) is 11.3 Å². The number of fused-ring (bicyclic) bond motifs is 2. The molecule has 0 N–H and O–H groups in total. The molecule has 2 heterocycles. The fraction of sp³-hybridized carbons (Fsp3) is 0.720. The van der Waals surface area contributed by atoms with Crippen LogP contribution in [0.25, 0.3) is 0 Å². The quantitative estimate of drug-likeness (QED) is 0.771. The Morgan fingerprint density at radius 1 is 1.14 bits per heavy atom. The largest absolute Gasteiger partial charge is 0.348 e. The summed E-state index contributed by atoms with van der Waals surface area (Å²) in [5.41, 5.74) is 4.35. The summed E-state index contributed by atoms with van der Waals surface area (Å²) < 4.78 is 12.5. The first kappa shape index (κ1) is 17.3. The molecule has 0 amide bonds. The third kappa shape index (κ3) is 2.14. The summed E-state index contributed by atoms with van der Waals surface area (Å²) in [7, 11) is 0. The molecule has 4 atom stereocenters. The Bertz CT molecular complexity index is 912. The van der Waals surface area contributed by atoms with Crippen molar-refractivity contribution in [2.45, 2.75) is 68.6 Å². The molecule has 3 spiro atoms. The monoisotopic (exact) mass is 390 g/mol. The van der Waals surface area contributed by atoms with Crippen molar-refractivity contribution < 1.29 is 9.47 Å². The van der Waals surface area contributed by atoms with Crippen molar-refractivity contribution in [3.05, 3.63) is 34.9 Å². The van der Waals surface area contributed by atoms with Gasteiger partial charge in [0.1, 0.15) is 0 Å². The van der Waals surface area contributed by atoms with Gasteiger partial charge < -0.3 is 9.47 Å². The van der Waals surface area contributed by atoms with Crippen LogP contribution < -0.4 is 0 Å². The zero-order chi connectivity index (χ0) is 19.3. The van der Waals surface area contributed by atoms with Gasteiger partial charge in [0.2, 0.25) is 0 Å². The average Bonchev–Trinajstić information content (AvgIpc) is 3.19. The van der Waals surface area contributed by atoms with E-state index < -0.39 is 0 Å². The molecule has 152 valence electrons. The summed E-state index contributed by atoms with van der Waals surface area (Å²) in [5.74, 6) is 1.25. The predicted molar refractivity (Wildman–Crippen MR) is 108 cm³/mol. The van der Waals surface area contributed by atoms with E-state index in [4.69, 9.17) is 9.47 Å². The Balaban J connectivity index is 1.33. The summed E-state index contributed by atoms with van der Waals surface area (Å²) in [6.45, 7) is 4.06. The lowest BCUT2D eigenvalue weighted by Gasteiger charge is -2.58. The first-order chi connectivity index (χ1) is 14.2. The lowest BCUT2D eigenvalue weighted by atomic mass is 9.58. The molecule has 2 aliphatic heterocycles. The van der Waals surface area contributed by atoms with Gasteiger partial charge in [-0.25, -0.2) is 0 Å². The number of nitriles is 1. The maximum absolute atomic E-state index is 9.59. The molecular weight excluding hydrogens is 360 g/mol. The van der Waals surface area contributed by atoms with Crippen LogP contribution in [0.3, 0.4) is 0 Å². The summed E-state index contributed by atoms with van der Waals surface area (Å²) in [4.78, 5) is 2.86. The van der Waals surface area contributed by atoms with E-state index in [2.05, 4.69) is 23.1 Å². The highest BCUT2D eigenvalue weighted by Gasteiger charge is 2.73. The van der Waals surface area contributed by atoms with Crippen LogP contribution in [0, 0.1) is 28.6 Å². The minimum atomic E-state index is -0.377. The molecule has 1 aromatic rings. The Morgan fingerprint density at radius 2 is 2.00 bits per heavy atom. The van der Waals surface area contributed by atoms with E-state index in [1.165, 1.54) is 62.7 Å². The molecule has 29 heavy (non-hydrogen) atoms. The van der Waals surface area contributed by atoms with E-state index in [-0.39, 0.29) is 11.2 Å². The molecule has 4 nitrogen and oxygen atoms in total. The number of likely N-dealkylation sites (tertiary alicyclic amines) is 1. The molecule has 4 aliphatic carbocycles. The maximum atomic E-state index is 9.59. The van der Waals surface area contributed by atoms with Crippen molar-refractivity contribution in [2.75, 3.05) is 26.3 Å². The Kier molecular flexibility index (Phi) is 3.36. The van der Waals surface area contributed by atoms with Gasteiger partial charge in [-0.2, -0.15) is 5.26 Å². The number of ether oxygens (including phenoxy) is 2. The van der Waals surface area contributed by atoms with Gasteiger partial charge in [-0.05, 0) is 67.2 Å². The van der Waals surface area contributed by atoms with Crippen LogP contribution in [-0.2, 0) is 21.3 Å². The van der Waals surface area contributed by atoms with E-state index in [9.17, 15) is 5.26 Å². The summed E-state index contributed by atoms with van der Waals surface area (Å²) in [5, 5.41) is 9.59. The Hall–Kier alpha value is -1.41. The average molecular weight is 391 g/mol. The minimum absolute atomic E-state index is 0.127. The smallest absolute Gasteiger partial charge is 0.169 e. The van der Waals surface area contributed by atoms with E-state index in [0.717, 1.165) is 43.6 Å². The number of hydrogen-bond acceptors (Lipinski definition) is 4. The molecular formula is C25H30N2O2. The van der Waals surface area contributed by atoms with Gasteiger partial charge in [-0.15, -0.1) is 0 Å². The van der Waals surface area contributed by atoms with Gasteiger partial charge in [-0.3, -0.25) is 4.90 Å². The minimum Gasteiger partial charge on any atom is -0.348 e. The van der Waals surface area contributed by atoms with Gasteiger partial charge in [-0.1, -0.05) is 12.5 Å². The van der Waals surface area contributed by atoms with Crippen molar-refractivity contribution in [1.82, 2.24) is 4.90 Å². The van der Waals surface area contributed by atoms with Crippen molar-refractivity contribution in [2.24, 2.45) is 17.3 Å². The first-order valence-electron chi connectivity index (χ1n) is 11.7. The zero-order valence-corrected chi connectivity index (χ0v) is 17.2. The van der Waals surface area contributed by atoms with Gasteiger partial charge >= 0.3 is 0 Å². The topological polar surface area (TPSA) is 45.5 Å². The van der Waals surface area contributed by atoms with Crippen molar-refractivity contribution >= 4 is 0 Å². The van der Waals surface area contributed by atoms with E-state index >= 15 is 0 Å². The Morgan fingerprint density at radius 3 is 2.76 bits per heavy atom. The molecule has 1 aromatic carbocycles. The lowest BCUT2D eigenvalue weighted by Crippen LogP contribution is -2.65. The number of benzene rings is 1. The van der Waals surface area contributed by atoms with Crippen molar-refractivity contribution in [3.8, 4) is 6.07 Å². The highest BCUT2D eigenvalue weighted by molar-refractivity contribution is 5.50. The second-order valence-corrected chi connectivity index (χ2v) is 11.0. The highest BCUT2D eigenvalue weighted by atomic mass is 16.7. The van der Waals surface area contributed by atoms with E-state index in [1.807, 2.05) is 6.07 Å². The molecule has 5 fully saturated rings. The maximum Gasteiger partial charge on any atom is 0.169 e. The molecule has 0 aromatic heterocycles. The van der Waals surface area contributed by atoms with E-state index in [1.54, 1.807) is 0 Å². The third-order valence-electron chi connectivity index (χ3n) is 9.57. The second kappa shape index (κ2) is 5.63. The first-order valence-corrected chi connectivity index (χ1v) is 11.7. The van der Waals surface area contributed by atoms with Crippen LogP contribution in [0.2, 0.25) is 0 Å². The van der Waals surface area contributed by atoms with Crippen LogP contribution in [-0.4, -0.2) is 43.0 Å². The molecule has 2 saturated heterocycles. The predicted octanol–water partition coefficient (Wildman–Crippen LogP) is 3.77. The van der Waals surface area contributed by atoms with Crippen LogP contribution >= 0.6 is 0 Å². The van der Waals surface area contributed by atoms with Crippen LogP contribution in [0.1, 0.15) is 61.6 Å².